The normalized spacial score (nSPS) is 11.7. The Kier molecular flexibility index (Phi) is 7.21. The molecule has 0 saturated heterocycles. The summed E-state index contributed by atoms with van der Waals surface area (Å²) in [7, 11) is 0. The van der Waals surface area contributed by atoms with Gasteiger partial charge in [-0.1, -0.05) is 19.1 Å². The highest BCUT2D eigenvalue weighted by Gasteiger charge is 2.03. The molecule has 138 valence electrons. The Balaban J connectivity index is 1.52. The summed E-state index contributed by atoms with van der Waals surface area (Å²) in [4.78, 5) is 7.36. The van der Waals surface area contributed by atoms with Crippen LogP contribution in [0.4, 0.5) is 0 Å². The van der Waals surface area contributed by atoms with Gasteiger partial charge in [0.1, 0.15) is 12.2 Å². The molecule has 2 N–H and O–H groups in total. The number of hydrogen-bond acceptors (Lipinski definition) is 5. The zero-order chi connectivity index (χ0) is 18.0. The lowest BCUT2D eigenvalue weighted by Gasteiger charge is -2.13. The first-order chi connectivity index (χ1) is 12.8. The smallest absolute Gasteiger partial charge is 0.191 e. The predicted molar refractivity (Wildman–Crippen MR) is 109 cm³/mol. The van der Waals surface area contributed by atoms with E-state index in [-0.39, 0.29) is 0 Å². The van der Waals surface area contributed by atoms with Gasteiger partial charge >= 0.3 is 0 Å². The summed E-state index contributed by atoms with van der Waals surface area (Å²) in [6, 6.07) is 8.43. The third-order valence-corrected chi connectivity index (χ3v) is 5.67. The van der Waals surface area contributed by atoms with E-state index in [2.05, 4.69) is 67.3 Å². The van der Waals surface area contributed by atoms with Crippen LogP contribution in [0, 0.1) is 0 Å². The van der Waals surface area contributed by atoms with E-state index in [1.807, 2.05) is 0 Å². The lowest BCUT2D eigenvalue weighted by atomic mass is 10.3. The first-order valence-corrected chi connectivity index (χ1v) is 10.5. The molecule has 3 aromatic heterocycles. The fraction of sp³-hybridized carbons (Fsp3) is 0.389. The van der Waals surface area contributed by atoms with Gasteiger partial charge in [-0.3, -0.25) is 0 Å². The van der Waals surface area contributed by atoms with Crippen LogP contribution >= 0.6 is 22.7 Å². The molecule has 26 heavy (non-hydrogen) atoms. The average molecular weight is 389 g/mol. The van der Waals surface area contributed by atoms with E-state index >= 15 is 0 Å². The maximum absolute atomic E-state index is 4.71. The molecule has 0 bridgehead atoms. The zero-order valence-corrected chi connectivity index (χ0v) is 16.5. The summed E-state index contributed by atoms with van der Waals surface area (Å²) in [5.74, 6) is 1.86. The van der Waals surface area contributed by atoms with Crippen LogP contribution in [0.5, 0.6) is 0 Å². The van der Waals surface area contributed by atoms with Gasteiger partial charge in [-0.25, -0.2) is 4.99 Å². The van der Waals surface area contributed by atoms with Gasteiger partial charge in [-0.2, -0.15) is 0 Å². The summed E-state index contributed by atoms with van der Waals surface area (Å²) in [5, 5.41) is 19.2. The molecule has 0 unspecified atom stereocenters. The van der Waals surface area contributed by atoms with E-state index in [1.54, 1.807) is 29.0 Å². The standard InChI is InChI=1S/C18H24N6S2/c1-2-17-23-22-14-24(17)10-9-20-18(21-13-16-6-4-12-26-16)19-8-7-15-5-3-11-25-15/h3-6,11-12,14H,2,7-10,13H2,1H3,(H2,19,20,21). The number of thiophene rings is 2. The molecular formula is C18H24N6S2. The maximum atomic E-state index is 4.71. The molecule has 6 nitrogen and oxygen atoms in total. The van der Waals surface area contributed by atoms with Gasteiger partial charge in [-0.15, -0.1) is 32.9 Å². The van der Waals surface area contributed by atoms with Crippen molar-refractivity contribution in [2.45, 2.75) is 32.9 Å². The molecule has 3 aromatic rings. The van der Waals surface area contributed by atoms with Crippen LogP contribution in [0.15, 0.2) is 46.3 Å². The minimum Gasteiger partial charge on any atom is -0.356 e. The van der Waals surface area contributed by atoms with Gasteiger partial charge < -0.3 is 15.2 Å². The summed E-state index contributed by atoms with van der Waals surface area (Å²) in [6.45, 7) is 5.25. The molecule has 0 amide bonds. The third kappa shape index (κ3) is 5.67. The number of aromatic nitrogens is 3. The molecule has 0 aliphatic carbocycles. The highest BCUT2D eigenvalue weighted by Crippen LogP contribution is 2.10. The average Bonchev–Trinajstić information content (AvgIpc) is 3.41. The van der Waals surface area contributed by atoms with Crippen LogP contribution in [0.2, 0.25) is 0 Å². The Bertz CT molecular complexity index is 777. The van der Waals surface area contributed by atoms with Crippen molar-refractivity contribution in [3.05, 3.63) is 56.9 Å². The molecule has 0 spiro atoms. The molecule has 8 heteroatoms. The van der Waals surface area contributed by atoms with Crippen LogP contribution in [0.25, 0.3) is 0 Å². The molecule has 0 saturated carbocycles. The summed E-state index contributed by atoms with van der Waals surface area (Å²) in [5.41, 5.74) is 0. The third-order valence-electron chi connectivity index (χ3n) is 3.87. The van der Waals surface area contributed by atoms with Crippen LogP contribution in [0.3, 0.4) is 0 Å². The van der Waals surface area contributed by atoms with E-state index < -0.39 is 0 Å². The van der Waals surface area contributed by atoms with Crippen LogP contribution in [-0.4, -0.2) is 33.8 Å². The first kappa shape index (κ1) is 18.6. The largest absolute Gasteiger partial charge is 0.356 e. The second-order valence-corrected chi connectivity index (χ2v) is 7.79. The number of hydrogen-bond donors (Lipinski definition) is 2. The van der Waals surface area contributed by atoms with E-state index in [1.165, 1.54) is 9.75 Å². The second kappa shape index (κ2) is 10.1. The first-order valence-electron chi connectivity index (χ1n) is 8.78. The minimum atomic E-state index is 0.693. The fourth-order valence-corrected chi connectivity index (χ4v) is 3.86. The molecule has 0 aromatic carbocycles. The van der Waals surface area contributed by atoms with Gasteiger partial charge in [0.2, 0.25) is 0 Å². The van der Waals surface area contributed by atoms with Crippen molar-refractivity contribution in [2.75, 3.05) is 13.1 Å². The Morgan fingerprint density at radius 2 is 1.88 bits per heavy atom. The molecule has 0 fully saturated rings. The predicted octanol–water partition coefficient (Wildman–Crippen LogP) is 2.94. The second-order valence-electron chi connectivity index (χ2n) is 5.72. The van der Waals surface area contributed by atoms with Crippen molar-refractivity contribution in [1.29, 1.82) is 0 Å². The summed E-state index contributed by atoms with van der Waals surface area (Å²) >= 11 is 3.52. The molecule has 0 aliphatic heterocycles. The van der Waals surface area contributed by atoms with E-state index in [9.17, 15) is 0 Å². The van der Waals surface area contributed by atoms with Gasteiger partial charge in [0.25, 0.3) is 0 Å². The number of aryl methyl sites for hydroxylation is 1. The molecule has 0 aliphatic rings. The highest BCUT2D eigenvalue weighted by molar-refractivity contribution is 7.10. The lowest BCUT2D eigenvalue weighted by molar-refractivity contribution is 0.631. The van der Waals surface area contributed by atoms with Crippen molar-refractivity contribution < 1.29 is 0 Å². The number of aliphatic imine (C=N–C) groups is 1. The fourth-order valence-electron chi connectivity index (χ4n) is 2.53. The molecular weight excluding hydrogens is 364 g/mol. The Hall–Kier alpha value is -2.19. The van der Waals surface area contributed by atoms with E-state index in [4.69, 9.17) is 4.99 Å². The maximum Gasteiger partial charge on any atom is 0.191 e. The van der Waals surface area contributed by atoms with Gasteiger partial charge in [0.15, 0.2) is 5.96 Å². The van der Waals surface area contributed by atoms with Gasteiger partial charge in [-0.05, 0) is 29.3 Å². The van der Waals surface area contributed by atoms with Crippen LogP contribution in [0.1, 0.15) is 22.5 Å². The molecule has 0 atom stereocenters. The van der Waals surface area contributed by atoms with Gasteiger partial charge in [0, 0.05) is 35.8 Å². The lowest BCUT2D eigenvalue weighted by Crippen LogP contribution is -2.40. The monoisotopic (exact) mass is 388 g/mol. The minimum absolute atomic E-state index is 0.693. The van der Waals surface area contributed by atoms with Crippen molar-refractivity contribution in [3.63, 3.8) is 0 Å². The quantitative estimate of drug-likeness (QED) is 0.437. The van der Waals surface area contributed by atoms with Crippen LogP contribution < -0.4 is 10.6 Å². The zero-order valence-electron chi connectivity index (χ0n) is 14.9. The van der Waals surface area contributed by atoms with E-state index in [0.29, 0.717) is 6.54 Å². The Morgan fingerprint density at radius 3 is 2.62 bits per heavy atom. The van der Waals surface area contributed by atoms with Crippen molar-refractivity contribution >= 4 is 28.6 Å². The Morgan fingerprint density at radius 1 is 1.12 bits per heavy atom. The van der Waals surface area contributed by atoms with Crippen LogP contribution in [-0.2, 0) is 25.9 Å². The number of nitrogens with one attached hydrogen (secondary N) is 2. The SMILES string of the molecule is CCc1nncn1CCNC(=NCc1cccs1)NCCc1cccs1. The molecule has 3 heterocycles. The summed E-state index contributed by atoms with van der Waals surface area (Å²) in [6.07, 6.45) is 3.67. The highest BCUT2D eigenvalue weighted by atomic mass is 32.1. The topological polar surface area (TPSA) is 67.1 Å². The van der Waals surface area contributed by atoms with Crippen molar-refractivity contribution in [2.24, 2.45) is 4.99 Å². The molecule has 3 rings (SSSR count). The van der Waals surface area contributed by atoms with Crippen molar-refractivity contribution in [1.82, 2.24) is 25.4 Å². The van der Waals surface area contributed by atoms with Gasteiger partial charge in [0.05, 0.1) is 6.54 Å². The number of rotatable bonds is 9. The summed E-state index contributed by atoms with van der Waals surface area (Å²) < 4.78 is 2.08. The number of nitrogens with zero attached hydrogens (tertiary/aromatic N) is 4. The molecule has 0 radical (unpaired) electrons. The Labute approximate surface area is 162 Å². The van der Waals surface area contributed by atoms with Crippen molar-refractivity contribution in [3.8, 4) is 0 Å². The van der Waals surface area contributed by atoms with E-state index in [0.717, 1.165) is 44.3 Å². The number of guanidine groups is 1.